The molecule has 2 aromatic carbocycles. The fourth-order valence-electron chi connectivity index (χ4n) is 5.35. The first-order chi connectivity index (χ1) is 20.2. The average molecular weight is 578 g/mol. The van der Waals surface area contributed by atoms with Gasteiger partial charge in [0, 0.05) is 44.8 Å². The molecular weight excluding hydrogens is 538 g/mol. The van der Waals surface area contributed by atoms with E-state index in [1.165, 1.54) is 6.92 Å². The Morgan fingerprint density at radius 3 is 2.48 bits per heavy atom. The molecule has 11 nitrogen and oxygen atoms in total. The molecule has 1 aliphatic carbocycles. The van der Waals surface area contributed by atoms with E-state index in [4.69, 9.17) is 14.2 Å². The molecule has 0 bridgehead atoms. The van der Waals surface area contributed by atoms with E-state index in [9.17, 15) is 14.4 Å². The van der Waals surface area contributed by atoms with Crippen LogP contribution in [0, 0.1) is 0 Å². The maximum Gasteiger partial charge on any atom is 0.225 e. The van der Waals surface area contributed by atoms with Crippen molar-refractivity contribution >= 4 is 23.3 Å². The van der Waals surface area contributed by atoms with E-state index in [1.807, 2.05) is 12.1 Å². The lowest BCUT2D eigenvalue weighted by molar-refractivity contribution is -0.119. The number of nitrogens with one attached hydrogen (secondary N) is 3. The number of fused-ring (bicyclic) bond motifs is 3. The number of benzene rings is 1. The summed E-state index contributed by atoms with van der Waals surface area (Å²) in [5.74, 6) is 1.82. The quantitative estimate of drug-likeness (QED) is 0.273. The number of unbranched alkanes of at least 4 members (excludes halogenated alkanes) is 2. The molecule has 11 heteroatoms. The first-order valence-electron chi connectivity index (χ1n) is 14.1. The summed E-state index contributed by atoms with van der Waals surface area (Å²) in [6.45, 7) is 2.05. The number of methoxy groups -OCH3 is 3. The Balaban J connectivity index is 1.53. The van der Waals surface area contributed by atoms with Crippen LogP contribution in [0.5, 0.6) is 17.2 Å². The predicted molar refractivity (Wildman–Crippen MR) is 161 cm³/mol. The molecule has 0 saturated heterocycles. The molecule has 0 aliphatic heterocycles. The highest BCUT2D eigenvalue weighted by Gasteiger charge is 2.29. The van der Waals surface area contributed by atoms with Crippen LogP contribution in [0.4, 0.5) is 11.5 Å². The molecule has 1 aromatic heterocycles. The molecule has 1 heterocycles. The zero-order chi connectivity index (χ0) is 30.2. The summed E-state index contributed by atoms with van der Waals surface area (Å²) in [7, 11) is 6.50. The summed E-state index contributed by atoms with van der Waals surface area (Å²) >= 11 is 0. The summed E-state index contributed by atoms with van der Waals surface area (Å²) in [4.78, 5) is 37.7. The molecule has 2 amide bonds. The minimum atomic E-state index is -0.364. The van der Waals surface area contributed by atoms with Gasteiger partial charge in [-0.2, -0.15) is 5.10 Å². The number of hydrogen-bond donors (Lipinski definition) is 3. The molecule has 4 rings (SSSR count). The number of amides is 2. The van der Waals surface area contributed by atoms with E-state index in [0.717, 1.165) is 36.0 Å². The second kappa shape index (κ2) is 13.9. The van der Waals surface area contributed by atoms with Gasteiger partial charge >= 0.3 is 0 Å². The van der Waals surface area contributed by atoms with Gasteiger partial charge in [-0.3, -0.25) is 19.1 Å². The van der Waals surface area contributed by atoms with Gasteiger partial charge in [0.15, 0.2) is 17.3 Å². The second-order valence-electron chi connectivity index (χ2n) is 10.3. The monoisotopic (exact) mass is 577 g/mol. The topological polar surface area (TPSA) is 133 Å². The van der Waals surface area contributed by atoms with Crippen molar-refractivity contribution in [3.63, 3.8) is 0 Å². The molecule has 0 unspecified atom stereocenters. The second-order valence-corrected chi connectivity index (χ2v) is 10.3. The van der Waals surface area contributed by atoms with E-state index < -0.39 is 0 Å². The molecular formula is C31H39N5O6. The highest BCUT2D eigenvalue weighted by Crippen LogP contribution is 2.50. The van der Waals surface area contributed by atoms with E-state index in [1.54, 1.807) is 57.5 Å². The number of rotatable bonds is 12. The third-order valence-electron chi connectivity index (χ3n) is 7.29. The van der Waals surface area contributed by atoms with Crippen LogP contribution in [0.15, 0.2) is 41.3 Å². The van der Waals surface area contributed by atoms with Gasteiger partial charge in [0.25, 0.3) is 0 Å². The summed E-state index contributed by atoms with van der Waals surface area (Å²) in [6.07, 6.45) is 5.74. The lowest BCUT2D eigenvalue weighted by Gasteiger charge is -2.19. The Morgan fingerprint density at radius 1 is 1.02 bits per heavy atom. The molecule has 0 fully saturated rings. The van der Waals surface area contributed by atoms with Crippen LogP contribution in [0.3, 0.4) is 0 Å². The Hall–Kier alpha value is -4.54. The third-order valence-corrected chi connectivity index (χ3v) is 7.29. The minimum absolute atomic E-state index is 0.0706. The fourth-order valence-corrected chi connectivity index (χ4v) is 5.35. The number of ether oxygens (including phenoxy) is 3. The molecule has 1 aliphatic rings. The van der Waals surface area contributed by atoms with Crippen molar-refractivity contribution in [2.75, 3.05) is 38.5 Å². The van der Waals surface area contributed by atoms with Crippen molar-refractivity contribution in [1.29, 1.82) is 0 Å². The van der Waals surface area contributed by atoms with Gasteiger partial charge in [-0.25, -0.2) is 0 Å². The highest BCUT2D eigenvalue weighted by molar-refractivity contribution is 5.89. The van der Waals surface area contributed by atoms with Crippen LogP contribution in [-0.2, 0) is 23.1 Å². The largest absolute Gasteiger partial charge is 0.493 e. The normalized spacial score (nSPS) is 13.7. The fraction of sp³-hybridized carbons (Fsp3) is 0.419. The van der Waals surface area contributed by atoms with E-state index >= 15 is 0 Å². The first-order valence-corrected chi connectivity index (χ1v) is 14.1. The van der Waals surface area contributed by atoms with Crippen molar-refractivity contribution in [3.8, 4) is 28.4 Å². The SMILES string of the molecule is COc1cc2c(c(OC)c1OC)-c1ccc(NCCCCCC(=O)Nc3ccn(C)n3)c(=O)cc1[C@H](NC(C)=O)CC2. The Morgan fingerprint density at radius 2 is 1.81 bits per heavy atom. The van der Waals surface area contributed by atoms with Crippen molar-refractivity contribution in [1.82, 2.24) is 15.1 Å². The summed E-state index contributed by atoms with van der Waals surface area (Å²) in [6, 6.07) is 8.59. The Labute approximate surface area is 245 Å². The van der Waals surface area contributed by atoms with Crippen LogP contribution in [0.2, 0.25) is 0 Å². The van der Waals surface area contributed by atoms with E-state index in [-0.39, 0.29) is 23.3 Å². The maximum atomic E-state index is 13.4. The molecule has 0 radical (unpaired) electrons. The van der Waals surface area contributed by atoms with Crippen LogP contribution in [-0.4, -0.2) is 49.5 Å². The van der Waals surface area contributed by atoms with Gasteiger partial charge < -0.3 is 30.2 Å². The number of hydrogen-bond acceptors (Lipinski definition) is 8. The zero-order valence-corrected chi connectivity index (χ0v) is 24.8. The number of carbonyl (C=O) groups is 2. The number of carbonyl (C=O) groups excluding carboxylic acids is 2. The average Bonchev–Trinajstić information content (AvgIpc) is 3.22. The maximum absolute atomic E-state index is 13.4. The summed E-state index contributed by atoms with van der Waals surface area (Å²) in [5.41, 5.74) is 3.56. The summed E-state index contributed by atoms with van der Waals surface area (Å²) < 4.78 is 18.7. The smallest absolute Gasteiger partial charge is 0.225 e. The Kier molecular flexibility index (Phi) is 10.1. The van der Waals surface area contributed by atoms with Gasteiger partial charge in [-0.1, -0.05) is 12.5 Å². The van der Waals surface area contributed by atoms with Gasteiger partial charge in [0.05, 0.1) is 33.1 Å². The van der Waals surface area contributed by atoms with Crippen LogP contribution in [0.25, 0.3) is 11.1 Å². The number of anilines is 2. The predicted octanol–water partition coefficient (Wildman–Crippen LogP) is 4.21. The number of aromatic nitrogens is 2. The van der Waals surface area contributed by atoms with E-state index in [2.05, 4.69) is 21.0 Å². The van der Waals surface area contributed by atoms with Crippen LogP contribution >= 0.6 is 0 Å². The van der Waals surface area contributed by atoms with Crippen LogP contribution in [0.1, 0.15) is 56.2 Å². The number of aryl methyl sites for hydroxylation is 2. The number of nitrogens with zero attached hydrogens (tertiary/aromatic N) is 2. The highest BCUT2D eigenvalue weighted by atomic mass is 16.5. The first kappa shape index (κ1) is 30.4. The van der Waals surface area contributed by atoms with Crippen molar-refractivity contribution < 1.29 is 23.8 Å². The van der Waals surface area contributed by atoms with Crippen LogP contribution < -0.4 is 35.6 Å². The van der Waals surface area contributed by atoms with Crippen molar-refractivity contribution in [3.05, 3.63) is 57.9 Å². The van der Waals surface area contributed by atoms with Gasteiger partial charge in [-0.15, -0.1) is 0 Å². The molecule has 3 aromatic rings. The van der Waals surface area contributed by atoms with Crippen molar-refractivity contribution in [2.24, 2.45) is 7.05 Å². The standard InChI is InChI=1S/C31H39N5O6/c1-19(37)33-23-12-10-20-17-26(40-3)30(41-4)31(42-5)29(20)21-11-13-24(25(38)18-22(21)23)32-15-8-6-7-9-28(39)34-27-14-16-36(2)35-27/h11,13-14,16-18,23H,6-10,12,15H2,1-5H3,(H,32,38)(H,33,37)(H,34,35,39)/t23-/m1/s1. The molecule has 224 valence electrons. The van der Waals surface area contributed by atoms with Gasteiger partial charge in [0.1, 0.15) is 0 Å². The zero-order valence-electron chi connectivity index (χ0n) is 24.8. The Bertz CT molecular complexity index is 1500. The lowest BCUT2D eigenvalue weighted by Crippen LogP contribution is -2.26. The third kappa shape index (κ3) is 7.02. The van der Waals surface area contributed by atoms with Crippen molar-refractivity contribution in [2.45, 2.75) is 51.5 Å². The summed E-state index contributed by atoms with van der Waals surface area (Å²) in [5, 5.41) is 13.2. The van der Waals surface area contributed by atoms with Gasteiger partial charge in [-0.05, 0) is 60.6 Å². The minimum Gasteiger partial charge on any atom is -0.493 e. The van der Waals surface area contributed by atoms with Gasteiger partial charge in [0.2, 0.25) is 23.0 Å². The molecule has 0 saturated carbocycles. The molecule has 0 spiro atoms. The van der Waals surface area contributed by atoms with E-state index in [0.29, 0.717) is 60.1 Å². The molecule has 42 heavy (non-hydrogen) atoms. The lowest BCUT2D eigenvalue weighted by atomic mass is 9.95. The molecule has 3 N–H and O–H groups in total. The molecule has 1 atom stereocenters.